The zero-order valence-electron chi connectivity index (χ0n) is 18.8. The van der Waals surface area contributed by atoms with Crippen LogP contribution in [-0.4, -0.2) is 80.5 Å². The van der Waals surface area contributed by atoms with Crippen molar-refractivity contribution >= 4 is 22.8 Å². The van der Waals surface area contributed by atoms with Gasteiger partial charge in [0.1, 0.15) is 5.82 Å². The van der Waals surface area contributed by atoms with Crippen LogP contribution in [0.15, 0.2) is 36.8 Å². The van der Waals surface area contributed by atoms with Gasteiger partial charge in [0.15, 0.2) is 0 Å². The van der Waals surface area contributed by atoms with Crippen molar-refractivity contribution in [1.82, 2.24) is 29.3 Å². The molecule has 3 aromatic rings. The lowest BCUT2D eigenvalue weighted by Gasteiger charge is -2.27. The number of nitrogens with zero attached hydrogens (tertiary/aromatic N) is 6. The Morgan fingerprint density at radius 3 is 2.73 bits per heavy atom. The number of carbonyl (C=O) groups excluding carboxylic acids is 2. The molecule has 1 unspecified atom stereocenters. The van der Waals surface area contributed by atoms with E-state index in [9.17, 15) is 9.59 Å². The molecule has 2 amide bonds. The predicted molar refractivity (Wildman–Crippen MR) is 122 cm³/mol. The number of aromatic nitrogens is 4. The number of imidazole rings is 1. The molecule has 2 aromatic heterocycles. The lowest BCUT2D eigenvalue weighted by molar-refractivity contribution is -0.130. The number of ether oxygens (including phenoxy) is 1. The minimum Gasteiger partial charge on any atom is -0.378 e. The van der Waals surface area contributed by atoms with E-state index in [0.717, 1.165) is 17.5 Å². The van der Waals surface area contributed by atoms with E-state index in [-0.39, 0.29) is 17.7 Å². The van der Waals surface area contributed by atoms with Gasteiger partial charge in [-0.05, 0) is 25.5 Å². The molecule has 0 N–H and O–H groups in total. The van der Waals surface area contributed by atoms with Gasteiger partial charge in [-0.25, -0.2) is 15.0 Å². The quantitative estimate of drug-likeness (QED) is 0.593. The van der Waals surface area contributed by atoms with Crippen molar-refractivity contribution in [3.63, 3.8) is 0 Å². The van der Waals surface area contributed by atoms with Crippen LogP contribution in [0.25, 0.3) is 11.0 Å². The van der Waals surface area contributed by atoms with Crippen molar-refractivity contribution in [3.05, 3.63) is 53.9 Å². The first-order valence-electron chi connectivity index (χ1n) is 11.5. The van der Waals surface area contributed by atoms with Gasteiger partial charge >= 0.3 is 0 Å². The van der Waals surface area contributed by atoms with Crippen LogP contribution in [-0.2, 0) is 16.1 Å². The number of para-hydroxylation sites is 2. The van der Waals surface area contributed by atoms with Crippen LogP contribution in [0.3, 0.4) is 0 Å². The van der Waals surface area contributed by atoms with Crippen LogP contribution in [0.2, 0.25) is 0 Å². The molecule has 0 aliphatic carbocycles. The molecule has 0 spiro atoms. The smallest absolute Gasteiger partial charge is 0.257 e. The first kappa shape index (κ1) is 21.5. The molecule has 9 heteroatoms. The first-order valence-corrected chi connectivity index (χ1v) is 11.5. The van der Waals surface area contributed by atoms with Crippen molar-refractivity contribution in [2.24, 2.45) is 0 Å². The third kappa shape index (κ3) is 4.45. The molecule has 2 aliphatic rings. The fourth-order valence-corrected chi connectivity index (χ4v) is 4.59. The Hall–Kier alpha value is -3.33. The minimum absolute atomic E-state index is 0.0439. The van der Waals surface area contributed by atoms with E-state index in [2.05, 4.69) is 15.0 Å². The van der Waals surface area contributed by atoms with E-state index in [1.165, 1.54) is 0 Å². The average Bonchev–Trinajstić information content (AvgIpc) is 3.50. The Bertz CT molecular complexity index is 1170. The van der Waals surface area contributed by atoms with E-state index in [1.807, 2.05) is 40.7 Å². The molecule has 0 radical (unpaired) electrons. The second-order valence-corrected chi connectivity index (χ2v) is 8.63. The van der Waals surface area contributed by atoms with Crippen molar-refractivity contribution < 1.29 is 14.3 Å². The highest BCUT2D eigenvalue weighted by atomic mass is 16.5. The van der Waals surface area contributed by atoms with Crippen molar-refractivity contribution in [2.75, 3.05) is 39.4 Å². The fourth-order valence-electron chi connectivity index (χ4n) is 4.59. The summed E-state index contributed by atoms with van der Waals surface area (Å²) in [5.41, 5.74) is 3.21. The maximum Gasteiger partial charge on any atom is 0.257 e. The van der Waals surface area contributed by atoms with Crippen molar-refractivity contribution in [2.45, 2.75) is 32.2 Å². The van der Waals surface area contributed by atoms with Gasteiger partial charge in [0.25, 0.3) is 5.91 Å². The second-order valence-electron chi connectivity index (χ2n) is 8.63. The van der Waals surface area contributed by atoms with Gasteiger partial charge in [-0.1, -0.05) is 12.1 Å². The number of benzene rings is 1. The molecular formula is C24H28N6O3. The van der Waals surface area contributed by atoms with Crippen molar-refractivity contribution in [1.29, 1.82) is 0 Å². The Balaban J connectivity index is 1.19. The number of aryl methyl sites for hydroxylation is 2. The van der Waals surface area contributed by atoms with E-state index in [0.29, 0.717) is 69.4 Å². The highest BCUT2D eigenvalue weighted by Crippen LogP contribution is 2.26. The largest absolute Gasteiger partial charge is 0.378 e. The second kappa shape index (κ2) is 9.27. The molecule has 1 atom stereocenters. The highest BCUT2D eigenvalue weighted by molar-refractivity contribution is 5.95. The molecule has 0 saturated carbocycles. The van der Waals surface area contributed by atoms with Crippen LogP contribution < -0.4 is 0 Å². The average molecular weight is 449 g/mol. The lowest BCUT2D eigenvalue weighted by Crippen LogP contribution is -2.41. The molecule has 2 saturated heterocycles. The number of likely N-dealkylation sites (tertiary alicyclic amines) is 1. The van der Waals surface area contributed by atoms with Crippen LogP contribution in [0.5, 0.6) is 0 Å². The molecule has 5 rings (SSSR count). The SMILES string of the molecule is Cc1nc(C2CCN(C(=O)CCn3cnc4ccccc43)C2)ncc1C(=O)N1CCOCC1. The van der Waals surface area contributed by atoms with Gasteiger partial charge in [-0.2, -0.15) is 0 Å². The highest BCUT2D eigenvalue weighted by Gasteiger charge is 2.30. The van der Waals surface area contributed by atoms with Gasteiger partial charge in [0.05, 0.1) is 41.8 Å². The monoisotopic (exact) mass is 448 g/mol. The summed E-state index contributed by atoms with van der Waals surface area (Å²) in [7, 11) is 0. The lowest BCUT2D eigenvalue weighted by atomic mass is 10.1. The Morgan fingerprint density at radius 2 is 1.91 bits per heavy atom. The van der Waals surface area contributed by atoms with Gasteiger partial charge in [-0.15, -0.1) is 0 Å². The molecule has 33 heavy (non-hydrogen) atoms. The third-order valence-corrected chi connectivity index (χ3v) is 6.53. The molecule has 2 aliphatic heterocycles. The van der Waals surface area contributed by atoms with Gasteiger partial charge in [0.2, 0.25) is 5.91 Å². The Kier molecular flexibility index (Phi) is 6.04. The summed E-state index contributed by atoms with van der Waals surface area (Å²) in [4.78, 5) is 42.8. The summed E-state index contributed by atoms with van der Waals surface area (Å²) in [6.45, 7) is 6.08. The molecule has 172 valence electrons. The summed E-state index contributed by atoms with van der Waals surface area (Å²) < 4.78 is 7.35. The Morgan fingerprint density at radius 1 is 1.09 bits per heavy atom. The fraction of sp³-hybridized carbons (Fsp3) is 0.458. The summed E-state index contributed by atoms with van der Waals surface area (Å²) >= 11 is 0. The van der Waals surface area contributed by atoms with Crippen LogP contribution in [0.4, 0.5) is 0 Å². The number of amides is 2. The predicted octanol–water partition coefficient (Wildman–Crippen LogP) is 2.01. The summed E-state index contributed by atoms with van der Waals surface area (Å²) in [5.74, 6) is 0.889. The number of hydrogen-bond acceptors (Lipinski definition) is 6. The summed E-state index contributed by atoms with van der Waals surface area (Å²) in [5, 5.41) is 0. The molecular weight excluding hydrogens is 420 g/mol. The number of hydrogen-bond donors (Lipinski definition) is 0. The molecule has 0 bridgehead atoms. The maximum absolute atomic E-state index is 12.8. The normalized spacial score (nSPS) is 18.8. The van der Waals surface area contributed by atoms with Gasteiger partial charge in [-0.3, -0.25) is 9.59 Å². The van der Waals surface area contributed by atoms with E-state index in [4.69, 9.17) is 4.74 Å². The summed E-state index contributed by atoms with van der Waals surface area (Å²) in [6.07, 6.45) is 4.70. The van der Waals surface area contributed by atoms with Crippen molar-refractivity contribution in [3.8, 4) is 0 Å². The van der Waals surface area contributed by atoms with E-state index >= 15 is 0 Å². The first-order chi connectivity index (χ1) is 16.1. The Labute approximate surface area is 192 Å². The van der Waals surface area contributed by atoms with Gasteiger partial charge < -0.3 is 19.1 Å². The zero-order chi connectivity index (χ0) is 22.8. The van der Waals surface area contributed by atoms with Crippen LogP contribution in [0, 0.1) is 6.92 Å². The van der Waals surface area contributed by atoms with Gasteiger partial charge in [0, 0.05) is 51.3 Å². The molecule has 9 nitrogen and oxygen atoms in total. The van der Waals surface area contributed by atoms with Crippen LogP contribution >= 0.6 is 0 Å². The summed E-state index contributed by atoms with van der Waals surface area (Å²) in [6, 6.07) is 7.94. The van der Waals surface area contributed by atoms with E-state index < -0.39 is 0 Å². The third-order valence-electron chi connectivity index (χ3n) is 6.53. The maximum atomic E-state index is 12.8. The van der Waals surface area contributed by atoms with Crippen LogP contribution in [0.1, 0.15) is 40.6 Å². The molecule has 4 heterocycles. The number of carbonyl (C=O) groups is 2. The number of fused-ring (bicyclic) bond motifs is 1. The molecule has 1 aromatic carbocycles. The number of rotatable bonds is 5. The number of morpholine rings is 1. The zero-order valence-corrected chi connectivity index (χ0v) is 18.8. The topological polar surface area (TPSA) is 93.5 Å². The standard InChI is InChI=1S/C24H28N6O3/c1-17-19(24(32)28-10-12-33-13-11-28)14-25-23(27-17)18-6-8-29(15-18)22(31)7-9-30-16-26-20-4-2-3-5-21(20)30/h2-5,14,16,18H,6-13,15H2,1H3. The van der Waals surface area contributed by atoms with E-state index in [1.54, 1.807) is 17.4 Å². The minimum atomic E-state index is -0.0439. The molecule has 2 fully saturated rings.